The molecule has 0 amide bonds. The molecule has 8 heteroatoms. The van der Waals surface area contributed by atoms with Crippen molar-refractivity contribution >= 4 is 19.1 Å². The van der Waals surface area contributed by atoms with Crippen molar-refractivity contribution in [1.82, 2.24) is 0 Å². The Kier molecular flexibility index (Phi) is 21.0. The second-order valence-corrected chi connectivity index (χ2v) is 8.13. The molecule has 0 radical (unpaired) electrons. The van der Waals surface area contributed by atoms with Crippen LogP contribution in [-0.2, 0) is 28.4 Å². The van der Waals surface area contributed by atoms with Crippen LogP contribution in [0.25, 0.3) is 0 Å². The standard InChI is InChI=1S/C7H12O4.C5H13O2P.C4H8O.CH4/c1-6(8)5-7(9)11-4-3-10-2;1-3-4-5-8(2,6)7;1-2-4-3-5-4;/h3-5H2,1-2H3;3-5H2,1-2H3,(H,6,7);4H,2-3H2,1H3;1H4. The fourth-order valence-corrected chi connectivity index (χ4v) is 2.15. The summed E-state index contributed by atoms with van der Waals surface area (Å²) >= 11 is 0. The highest BCUT2D eigenvalue weighted by molar-refractivity contribution is 7.57. The molecule has 2 atom stereocenters. The van der Waals surface area contributed by atoms with Crippen molar-refractivity contribution < 1.29 is 33.3 Å². The monoisotopic (exact) mass is 384 g/mol. The quantitative estimate of drug-likeness (QED) is 0.214. The summed E-state index contributed by atoms with van der Waals surface area (Å²) in [5.74, 6) is -0.679. The summed E-state index contributed by atoms with van der Waals surface area (Å²) in [6, 6.07) is 0. The fraction of sp³-hybridized carbons (Fsp3) is 0.882. The van der Waals surface area contributed by atoms with Crippen LogP contribution in [0.4, 0.5) is 0 Å². The first-order valence-electron chi connectivity index (χ1n) is 8.21. The van der Waals surface area contributed by atoms with Crippen LogP contribution >= 0.6 is 7.37 Å². The molecule has 0 saturated carbocycles. The highest BCUT2D eigenvalue weighted by Crippen LogP contribution is 2.35. The van der Waals surface area contributed by atoms with Gasteiger partial charge >= 0.3 is 5.97 Å². The first kappa shape index (κ1) is 29.0. The zero-order valence-corrected chi connectivity index (χ0v) is 16.5. The molecule has 1 N–H and O–H groups in total. The van der Waals surface area contributed by atoms with Gasteiger partial charge in [0, 0.05) is 19.9 Å². The maximum absolute atomic E-state index is 10.6. The molecule has 0 spiro atoms. The zero-order chi connectivity index (χ0) is 19.0. The average molecular weight is 384 g/mol. The summed E-state index contributed by atoms with van der Waals surface area (Å²) in [5, 5.41) is 0. The van der Waals surface area contributed by atoms with E-state index in [1.54, 1.807) is 0 Å². The summed E-state index contributed by atoms with van der Waals surface area (Å²) in [6.45, 7) is 8.48. The van der Waals surface area contributed by atoms with E-state index in [1.807, 2.05) is 6.92 Å². The van der Waals surface area contributed by atoms with Gasteiger partial charge in [-0.1, -0.05) is 27.7 Å². The van der Waals surface area contributed by atoms with Gasteiger partial charge in [-0.3, -0.25) is 14.2 Å². The molecule has 1 aliphatic rings. The van der Waals surface area contributed by atoms with Crippen molar-refractivity contribution in [3.63, 3.8) is 0 Å². The first-order valence-corrected chi connectivity index (χ1v) is 10.5. The predicted octanol–water partition coefficient (Wildman–Crippen LogP) is 3.27. The van der Waals surface area contributed by atoms with Crippen LogP contribution in [0.3, 0.4) is 0 Å². The second-order valence-electron chi connectivity index (χ2n) is 5.58. The molecular weight excluding hydrogens is 347 g/mol. The van der Waals surface area contributed by atoms with Gasteiger partial charge in [0.1, 0.15) is 18.8 Å². The number of epoxide rings is 1. The molecule has 0 aromatic rings. The van der Waals surface area contributed by atoms with Crippen molar-refractivity contribution in [2.24, 2.45) is 0 Å². The van der Waals surface area contributed by atoms with Gasteiger partial charge in [0.2, 0.25) is 0 Å². The van der Waals surface area contributed by atoms with Crippen LogP contribution in [-0.4, -0.2) is 62.5 Å². The number of rotatable bonds is 9. The lowest BCUT2D eigenvalue weighted by Gasteiger charge is -2.00. The SMILES string of the molecule is C.CCC1CO1.CCCCP(C)(=O)O.COCCOC(=O)CC(C)=O. The zero-order valence-electron chi connectivity index (χ0n) is 15.6. The molecule has 152 valence electrons. The topological polar surface area (TPSA) is 102 Å². The number of hydrogen-bond donors (Lipinski definition) is 1. The van der Waals surface area contributed by atoms with Crippen LogP contribution in [0.1, 0.15) is 53.9 Å². The molecule has 1 heterocycles. The van der Waals surface area contributed by atoms with Crippen molar-refractivity contribution in [1.29, 1.82) is 0 Å². The number of Topliss-reactive ketones (excluding diaryl/α,β-unsaturated/α-hetero) is 1. The summed E-state index contributed by atoms with van der Waals surface area (Å²) in [5.41, 5.74) is 0. The Morgan fingerprint density at radius 2 is 1.84 bits per heavy atom. The summed E-state index contributed by atoms with van der Waals surface area (Å²) in [6.07, 6.45) is 4.02. The van der Waals surface area contributed by atoms with Crippen LogP contribution in [0.2, 0.25) is 0 Å². The van der Waals surface area contributed by atoms with Gasteiger partial charge in [-0.05, 0) is 19.8 Å². The van der Waals surface area contributed by atoms with E-state index in [1.165, 1.54) is 27.1 Å². The van der Waals surface area contributed by atoms with Gasteiger partial charge < -0.3 is 19.1 Å². The molecule has 2 unspecified atom stereocenters. The summed E-state index contributed by atoms with van der Waals surface area (Å²) in [7, 11) is -1.17. The van der Waals surface area contributed by atoms with Gasteiger partial charge in [-0.15, -0.1) is 0 Å². The minimum absolute atomic E-state index is 0. The van der Waals surface area contributed by atoms with Crippen molar-refractivity contribution in [3.8, 4) is 0 Å². The fourth-order valence-electron chi connectivity index (χ4n) is 1.25. The largest absolute Gasteiger partial charge is 0.463 e. The van der Waals surface area contributed by atoms with Crippen molar-refractivity contribution in [2.75, 3.05) is 39.8 Å². The normalized spacial score (nSPS) is 16.6. The van der Waals surface area contributed by atoms with Crippen LogP contribution < -0.4 is 0 Å². The first-order chi connectivity index (χ1) is 11.2. The number of ketones is 1. The van der Waals surface area contributed by atoms with Crippen LogP contribution in [0, 0.1) is 0 Å². The third-order valence-corrected chi connectivity index (χ3v) is 3.87. The molecule has 1 fully saturated rings. The molecular formula is C17H37O7P. The van der Waals surface area contributed by atoms with E-state index in [4.69, 9.17) is 9.63 Å². The Balaban J connectivity index is -0.000000303. The molecule has 0 aliphatic carbocycles. The van der Waals surface area contributed by atoms with Gasteiger partial charge in [-0.2, -0.15) is 0 Å². The maximum atomic E-state index is 10.6. The number of unbranched alkanes of at least 4 members (excludes halogenated alkanes) is 1. The Bertz CT molecular complexity index is 375. The molecule has 1 saturated heterocycles. The van der Waals surface area contributed by atoms with Gasteiger partial charge in [0.15, 0.2) is 7.37 Å². The third kappa shape index (κ3) is 31.5. The summed E-state index contributed by atoms with van der Waals surface area (Å²) < 4.78 is 24.6. The Morgan fingerprint density at radius 3 is 2.08 bits per heavy atom. The molecule has 0 aromatic heterocycles. The Hall–Kier alpha value is -0.750. The lowest BCUT2D eigenvalue weighted by Crippen LogP contribution is -2.12. The second kappa shape index (κ2) is 18.1. The van der Waals surface area contributed by atoms with E-state index in [-0.39, 0.29) is 26.2 Å². The highest BCUT2D eigenvalue weighted by Gasteiger charge is 2.18. The van der Waals surface area contributed by atoms with Gasteiger partial charge in [0.25, 0.3) is 0 Å². The van der Waals surface area contributed by atoms with E-state index >= 15 is 0 Å². The van der Waals surface area contributed by atoms with E-state index < -0.39 is 13.3 Å². The smallest absolute Gasteiger partial charge is 0.313 e. The molecule has 1 rings (SSSR count). The van der Waals surface area contributed by atoms with Crippen molar-refractivity contribution in [2.45, 2.75) is 60.0 Å². The number of ether oxygens (including phenoxy) is 3. The predicted molar refractivity (Wildman–Crippen MR) is 100 cm³/mol. The Labute approximate surface area is 152 Å². The maximum Gasteiger partial charge on any atom is 0.313 e. The van der Waals surface area contributed by atoms with Crippen LogP contribution in [0.5, 0.6) is 0 Å². The van der Waals surface area contributed by atoms with Gasteiger partial charge in [0.05, 0.1) is 19.3 Å². The van der Waals surface area contributed by atoms with E-state index in [2.05, 4.69) is 16.4 Å². The average Bonchev–Trinajstić information content (AvgIpc) is 3.29. The molecule has 25 heavy (non-hydrogen) atoms. The number of hydrogen-bond acceptors (Lipinski definition) is 6. The number of carbonyl (C=O) groups excluding carboxylic acids is 2. The van der Waals surface area contributed by atoms with E-state index in [0.717, 1.165) is 19.4 Å². The lowest BCUT2D eigenvalue weighted by molar-refractivity contribution is -0.146. The van der Waals surface area contributed by atoms with Gasteiger partial charge in [-0.25, -0.2) is 0 Å². The van der Waals surface area contributed by atoms with Crippen molar-refractivity contribution in [3.05, 3.63) is 0 Å². The van der Waals surface area contributed by atoms with E-state index in [9.17, 15) is 14.2 Å². The minimum Gasteiger partial charge on any atom is -0.463 e. The molecule has 1 aliphatic heterocycles. The minimum atomic E-state index is -2.68. The third-order valence-electron chi connectivity index (χ3n) is 2.73. The molecule has 0 bridgehead atoms. The highest BCUT2D eigenvalue weighted by atomic mass is 31.2. The molecule has 7 nitrogen and oxygen atoms in total. The van der Waals surface area contributed by atoms with Crippen LogP contribution in [0.15, 0.2) is 0 Å². The number of carbonyl (C=O) groups is 2. The lowest BCUT2D eigenvalue weighted by atomic mass is 10.3. The number of esters is 1. The van der Waals surface area contributed by atoms with E-state index in [0.29, 0.717) is 18.9 Å². The summed E-state index contributed by atoms with van der Waals surface area (Å²) in [4.78, 5) is 29.7. The Morgan fingerprint density at radius 1 is 1.28 bits per heavy atom. The number of methoxy groups -OCH3 is 1. The molecule has 0 aromatic carbocycles.